The molecule has 0 aliphatic carbocycles. The zero-order chi connectivity index (χ0) is 14.5. The second-order valence-electron chi connectivity index (χ2n) is 5.87. The van der Waals surface area contributed by atoms with Gasteiger partial charge in [0.25, 0.3) is 0 Å². The fourth-order valence-corrected chi connectivity index (χ4v) is 1.70. The van der Waals surface area contributed by atoms with E-state index in [9.17, 15) is 8.78 Å². The number of ether oxygens (including phenoxy) is 1. The van der Waals surface area contributed by atoms with Crippen molar-refractivity contribution in [1.82, 2.24) is 5.32 Å². The fourth-order valence-electron chi connectivity index (χ4n) is 1.70. The first-order valence-electron chi connectivity index (χ1n) is 6.54. The Bertz CT molecular complexity index is 402. The SMILES string of the molecule is CNC(COCCC(C)(C)C)c1cccc(F)c1F. The Morgan fingerprint density at radius 1 is 1.26 bits per heavy atom. The van der Waals surface area contributed by atoms with Gasteiger partial charge in [-0.25, -0.2) is 8.78 Å². The van der Waals surface area contributed by atoms with Crippen molar-refractivity contribution in [3.63, 3.8) is 0 Å². The van der Waals surface area contributed by atoms with Crippen LogP contribution < -0.4 is 5.32 Å². The van der Waals surface area contributed by atoms with Crippen LogP contribution in [-0.2, 0) is 4.74 Å². The molecule has 0 amide bonds. The minimum absolute atomic E-state index is 0.208. The molecule has 0 heterocycles. The zero-order valence-corrected chi connectivity index (χ0v) is 12.1. The van der Waals surface area contributed by atoms with Crippen molar-refractivity contribution < 1.29 is 13.5 Å². The Labute approximate surface area is 114 Å². The smallest absolute Gasteiger partial charge is 0.163 e. The first kappa shape index (κ1) is 16.1. The summed E-state index contributed by atoms with van der Waals surface area (Å²) in [7, 11) is 1.71. The van der Waals surface area contributed by atoms with E-state index in [1.807, 2.05) is 0 Å². The summed E-state index contributed by atoms with van der Waals surface area (Å²) < 4.78 is 32.4. The lowest BCUT2D eigenvalue weighted by Crippen LogP contribution is -2.24. The summed E-state index contributed by atoms with van der Waals surface area (Å²) >= 11 is 0. The minimum Gasteiger partial charge on any atom is -0.379 e. The second kappa shape index (κ2) is 6.96. The van der Waals surface area contributed by atoms with Crippen molar-refractivity contribution >= 4 is 0 Å². The van der Waals surface area contributed by atoms with E-state index in [4.69, 9.17) is 4.74 Å². The maximum Gasteiger partial charge on any atom is 0.163 e. The molecule has 1 aromatic rings. The Morgan fingerprint density at radius 3 is 2.53 bits per heavy atom. The molecule has 0 fully saturated rings. The van der Waals surface area contributed by atoms with E-state index in [1.165, 1.54) is 6.07 Å². The first-order valence-corrected chi connectivity index (χ1v) is 6.54. The van der Waals surface area contributed by atoms with Crippen molar-refractivity contribution in [1.29, 1.82) is 0 Å². The van der Waals surface area contributed by atoms with Crippen LogP contribution in [0.25, 0.3) is 0 Å². The third-order valence-electron chi connectivity index (χ3n) is 2.99. The zero-order valence-electron chi connectivity index (χ0n) is 12.1. The van der Waals surface area contributed by atoms with Crippen LogP contribution >= 0.6 is 0 Å². The molecule has 1 unspecified atom stereocenters. The predicted molar refractivity (Wildman–Crippen MR) is 73.0 cm³/mol. The fraction of sp³-hybridized carbons (Fsp3) is 0.600. The monoisotopic (exact) mass is 271 g/mol. The predicted octanol–water partition coefficient (Wildman–Crippen LogP) is 3.68. The molecule has 0 radical (unpaired) electrons. The molecule has 1 aromatic carbocycles. The van der Waals surface area contributed by atoms with Crippen LogP contribution in [0.4, 0.5) is 8.78 Å². The normalized spacial score (nSPS) is 13.6. The largest absolute Gasteiger partial charge is 0.379 e. The van der Waals surface area contributed by atoms with E-state index in [1.54, 1.807) is 13.1 Å². The summed E-state index contributed by atoms with van der Waals surface area (Å²) in [5.41, 5.74) is 0.512. The van der Waals surface area contributed by atoms with Crippen molar-refractivity contribution in [2.75, 3.05) is 20.3 Å². The highest BCUT2D eigenvalue weighted by molar-refractivity contribution is 5.22. The highest BCUT2D eigenvalue weighted by Gasteiger charge is 2.17. The van der Waals surface area contributed by atoms with Gasteiger partial charge in [0.1, 0.15) is 0 Å². The molecule has 0 bridgehead atoms. The summed E-state index contributed by atoms with van der Waals surface area (Å²) in [4.78, 5) is 0. The van der Waals surface area contributed by atoms with Gasteiger partial charge in [0.05, 0.1) is 12.6 Å². The maximum atomic E-state index is 13.7. The Morgan fingerprint density at radius 2 is 1.95 bits per heavy atom. The van der Waals surface area contributed by atoms with Gasteiger partial charge in [-0.2, -0.15) is 0 Å². The standard InChI is InChI=1S/C15H23F2NO/c1-15(2,3)8-9-19-10-13(18-4)11-6-5-7-12(16)14(11)17/h5-7,13,18H,8-10H2,1-4H3. The number of likely N-dealkylation sites (N-methyl/N-ethyl adjacent to an activating group) is 1. The number of hydrogen-bond donors (Lipinski definition) is 1. The van der Waals surface area contributed by atoms with Crippen molar-refractivity contribution in [2.24, 2.45) is 5.41 Å². The summed E-state index contributed by atoms with van der Waals surface area (Å²) in [6.45, 7) is 7.35. The highest BCUT2D eigenvalue weighted by Crippen LogP contribution is 2.21. The number of hydrogen-bond acceptors (Lipinski definition) is 2. The molecule has 0 aliphatic heterocycles. The number of nitrogens with one attached hydrogen (secondary N) is 1. The van der Waals surface area contributed by atoms with Gasteiger partial charge in [-0.3, -0.25) is 0 Å². The van der Waals surface area contributed by atoms with E-state index >= 15 is 0 Å². The summed E-state index contributed by atoms with van der Waals surface area (Å²) in [5.74, 6) is -1.63. The molecule has 108 valence electrons. The molecule has 1 rings (SSSR count). The summed E-state index contributed by atoms with van der Waals surface area (Å²) in [5, 5.41) is 2.95. The van der Waals surface area contributed by atoms with Gasteiger partial charge >= 0.3 is 0 Å². The van der Waals surface area contributed by atoms with E-state index in [0.717, 1.165) is 12.5 Å². The van der Waals surface area contributed by atoms with Crippen LogP contribution in [0.5, 0.6) is 0 Å². The third-order valence-corrected chi connectivity index (χ3v) is 2.99. The molecular weight excluding hydrogens is 248 g/mol. The molecule has 0 saturated heterocycles. The Balaban J connectivity index is 2.56. The lowest BCUT2D eigenvalue weighted by molar-refractivity contribution is 0.0905. The van der Waals surface area contributed by atoms with Crippen LogP contribution in [-0.4, -0.2) is 20.3 Å². The van der Waals surface area contributed by atoms with Gasteiger partial charge in [0.2, 0.25) is 0 Å². The molecule has 2 nitrogen and oxygen atoms in total. The molecule has 1 N–H and O–H groups in total. The van der Waals surface area contributed by atoms with Crippen molar-refractivity contribution in [3.8, 4) is 0 Å². The van der Waals surface area contributed by atoms with Crippen LogP contribution in [0.15, 0.2) is 18.2 Å². The van der Waals surface area contributed by atoms with Crippen LogP contribution in [0, 0.1) is 17.0 Å². The van der Waals surface area contributed by atoms with Gasteiger partial charge in [-0.05, 0) is 24.9 Å². The van der Waals surface area contributed by atoms with Gasteiger partial charge in [0.15, 0.2) is 11.6 Å². The maximum absolute atomic E-state index is 13.7. The average Bonchev–Trinajstić information content (AvgIpc) is 2.32. The van der Waals surface area contributed by atoms with Gasteiger partial charge in [-0.1, -0.05) is 32.9 Å². The van der Waals surface area contributed by atoms with E-state index < -0.39 is 11.6 Å². The van der Waals surface area contributed by atoms with Crippen molar-refractivity contribution in [3.05, 3.63) is 35.4 Å². The topological polar surface area (TPSA) is 21.3 Å². The first-order chi connectivity index (χ1) is 8.85. The average molecular weight is 271 g/mol. The molecule has 1 atom stereocenters. The summed E-state index contributed by atoms with van der Waals surface area (Å²) in [6, 6.07) is 3.86. The van der Waals surface area contributed by atoms with Gasteiger partial charge in [0, 0.05) is 12.2 Å². The molecule has 19 heavy (non-hydrogen) atoms. The lowest BCUT2D eigenvalue weighted by atomic mass is 9.93. The molecule has 0 aliphatic rings. The highest BCUT2D eigenvalue weighted by atomic mass is 19.2. The lowest BCUT2D eigenvalue weighted by Gasteiger charge is -2.21. The number of benzene rings is 1. The van der Waals surface area contributed by atoms with Gasteiger partial charge in [-0.15, -0.1) is 0 Å². The van der Waals surface area contributed by atoms with E-state index in [2.05, 4.69) is 26.1 Å². The van der Waals surface area contributed by atoms with E-state index in [-0.39, 0.29) is 11.5 Å². The molecular formula is C15H23F2NO. The summed E-state index contributed by atoms with van der Waals surface area (Å²) in [6.07, 6.45) is 0.926. The molecule has 0 saturated carbocycles. The van der Waals surface area contributed by atoms with Crippen LogP contribution in [0.2, 0.25) is 0 Å². The van der Waals surface area contributed by atoms with E-state index in [0.29, 0.717) is 18.8 Å². The second-order valence-corrected chi connectivity index (χ2v) is 5.87. The van der Waals surface area contributed by atoms with Crippen molar-refractivity contribution in [2.45, 2.75) is 33.2 Å². The van der Waals surface area contributed by atoms with Gasteiger partial charge < -0.3 is 10.1 Å². The number of rotatable bonds is 6. The van der Waals surface area contributed by atoms with Crippen LogP contribution in [0.3, 0.4) is 0 Å². The third kappa shape index (κ3) is 5.25. The quantitative estimate of drug-likeness (QED) is 0.797. The molecule has 4 heteroatoms. The van der Waals surface area contributed by atoms with Crippen LogP contribution in [0.1, 0.15) is 38.8 Å². The Hall–Kier alpha value is -1.00. The number of halogens is 2. The Kier molecular flexibility index (Phi) is 5.88. The molecule has 0 spiro atoms. The minimum atomic E-state index is -0.826. The molecule has 0 aromatic heterocycles.